The lowest BCUT2D eigenvalue weighted by Crippen LogP contribution is -2.39. The molecule has 0 aliphatic heterocycles. The zero-order valence-corrected chi connectivity index (χ0v) is 12.4. The van der Waals surface area contributed by atoms with E-state index >= 15 is 0 Å². The Balaban J connectivity index is 1.82. The first kappa shape index (κ1) is 16.2. The van der Waals surface area contributed by atoms with Gasteiger partial charge in [-0.3, -0.25) is 14.9 Å². The summed E-state index contributed by atoms with van der Waals surface area (Å²) in [5, 5.41) is 13.4. The molecule has 0 atom stereocenters. The van der Waals surface area contributed by atoms with E-state index in [9.17, 15) is 19.3 Å². The number of nitro benzene ring substituents is 1. The Morgan fingerprint density at radius 2 is 2.09 bits per heavy atom. The summed E-state index contributed by atoms with van der Waals surface area (Å²) in [5.41, 5.74) is -0.356. The third-order valence-corrected chi connectivity index (χ3v) is 3.87. The lowest BCUT2D eigenvalue weighted by atomic mass is 9.87. The Morgan fingerprint density at radius 3 is 2.68 bits per heavy atom. The van der Waals surface area contributed by atoms with E-state index < -0.39 is 10.7 Å². The molecule has 0 spiro atoms. The van der Waals surface area contributed by atoms with Crippen molar-refractivity contribution in [1.82, 2.24) is 5.32 Å². The van der Waals surface area contributed by atoms with Crippen molar-refractivity contribution in [2.75, 3.05) is 6.61 Å². The van der Waals surface area contributed by atoms with Crippen molar-refractivity contribution in [3.63, 3.8) is 0 Å². The maximum absolute atomic E-state index is 13.6. The highest BCUT2D eigenvalue weighted by atomic mass is 19.1. The second-order valence-corrected chi connectivity index (χ2v) is 5.68. The molecule has 1 amide bonds. The van der Waals surface area contributed by atoms with Crippen LogP contribution in [-0.4, -0.2) is 23.5 Å². The van der Waals surface area contributed by atoms with Gasteiger partial charge in [-0.05, 0) is 37.7 Å². The van der Waals surface area contributed by atoms with Crippen molar-refractivity contribution >= 4 is 11.6 Å². The molecule has 0 radical (unpaired) electrons. The maximum atomic E-state index is 13.6. The average molecular weight is 310 g/mol. The Bertz CT molecular complexity index is 556. The van der Waals surface area contributed by atoms with Gasteiger partial charge in [0.15, 0.2) is 18.2 Å². The van der Waals surface area contributed by atoms with E-state index in [1.165, 1.54) is 0 Å². The van der Waals surface area contributed by atoms with Crippen LogP contribution in [0.3, 0.4) is 0 Å². The molecule has 22 heavy (non-hydrogen) atoms. The molecule has 7 heteroatoms. The second kappa shape index (κ2) is 7.20. The van der Waals surface area contributed by atoms with E-state index in [0.717, 1.165) is 43.9 Å². The van der Waals surface area contributed by atoms with Crippen LogP contribution in [-0.2, 0) is 4.79 Å². The van der Waals surface area contributed by atoms with Gasteiger partial charge < -0.3 is 10.1 Å². The van der Waals surface area contributed by atoms with Crippen LogP contribution >= 0.6 is 0 Å². The summed E-state index contributed by atoms with van der Waals surface area (Å²) >= 11 is 0. The van der Waals surface area contributed by atoms with E-state index in [1.54, 1.807) is 0 Å². The predicted molar refractivity (Wildman–Crippen MR) is 78.1 cm³/mol. The molecule has 0 bridgehead atoms. The van der Waals surface area contributed by atoms with Gasteiger partial charge in [0, 0.05) is 12.1 Å². The highest BCUT2D eigenvalue weighted by Gasteiger charge is 2.20. The number of hydrogen-bond donors (Lipinski definition) is 1. The number of halogens is 1. The number of carbonyl (C=O) groups is 1. The molecular weight excluding hydrogens is 291 g/mol. The first-order chi connectivity index (χ1) is 10.5. The van der Waals surface area contributed by atoms with Gasteiger partial charge in [-0.15, -0.1) is 0 Å². The zero-order valence-electron chi connectivity index (χ0n) is 12.4. The van der Waals surface area contributed by atoms with E-state index in [-0.39, 0.29) is 30.0 Å². The van der Waals surface area contributed by atoms with Gasteiger partial charge in [0.2, 0.25) is 0 Å². The van der Waals surface area contributed by atoms with Crippen LogP contribution in [0.4, 0.5) is 10.1 Å². The van der Waals surface area contributed by atoms with Crippen LogP contribution < -0.4 is 10.1 Å². The third-order valence-electron chi connectivity index (χ3n) is 3.87. The van der Waals surface area contributed by atoms with Crippen molar-refractivity contribution in [1.29, 1.82) is 0 Å². The second-order valence-electron chi connectivity index (χ2n) is 5.68. The van der Waals surface area contributed by atoms with Crippen LogP contribution in [0.5, 0.6) is 5.75 Å². The molecule has 1 fully saturated rings. The van der Waals surface area contributed by atoms with Crippen LogP contribution in [0.25, 0.3) is 0 Å². The van der Waals surface area contributed by atoms with Gasteiger partial charge in [-0.2, -0.15) is 0 Å². The number of nitrogens with one attached hydrogen (secondary N) is 1. The van der Waals surface area contributed by atoms with E-state index in [1.807, 2.05) is 0 Å². The summed E-state index contributed by atoms with van der Waals surface area (Å²) in [7, 11) is 0. The van der Waals surface area contributed by atoms with Crippen molar-refractivity contribution in [3.8, 4) is 5.75 Å². The fourth-order valence-electron chi connectivity index (χ4n) is 2.54. The highest BCUT2D eigenvalue weighted by Crippen LogP contribution is 2.24. The molecule has 0 aromatic heterocycles. The fraction of sp³-hybridized carbons (Fsp3) is 0.533. The van der Waals surface area contributed by atoms with Gasteiger partial charge in [0.05, 0.1) is 11.0 Å². The minimum Gasteiger partial charge on any atom is -0.481 e. The van der Waals surface area contributed by atoms with Gasteiger partial charge >= 0.3 is 0 Å². The first-order valence-electron chi connectivity index (χ1n) is 7.32. The number of nitrogens with zero attached hydrogens (tertiary/aromatic N) is 1. The summed E-state index contributed by atoms with van der Waals surface area (Å²) in [4.78, 5) is 21.6. The Morgan fingerprint density at radius 1 is 1.41 bits per heavy atom. The number of carbonyl (C=O) groups excluding carboxylic acids is 1. The van der Waals surface area contributed by atoms with Crippen LogP contribution in [0.1, 0.15) is 32.6 Å². The monoisotopic (exact) mass is 310 g/mol. The quantitative estimate of drug-likeness (QED) is 0.669. The summed E-state index contributed by atoms with van der Waals surface area (Å²) in [6, 6.07) is 3.21. The largest absolute Gasteiger partial charge is 0.481 e. The third kappa shape index (κ3) is 4.41. The average Bonchev–Trinajstić information content (AvgIpc) is 2.48. The maximum Gasteiger partial charge on any atom is 0.272 e. The molecule has 120 valence electrons. The first-order valence-corrected chi connectivity index (χ1v) is 7.32. The predicted octanol–water partition coefficient (Wildman–Crippen LogP) is 2.81. The summed E-state index contributed by atoms with van der Waals surface area (Å²) in [6.07, 6.45) is 4.06. The standard InChI is InChI=1S/C15H19FN2O4/c1-10-2-4-11(5-3-10)17-15(19)9-22-14-7-6-12(18(20)21)8-13(14)16/h6-8,10-11H,2-5,9H2,1H3,(H,17,19). The number of hydrogen-bond acceptors (Lipinski definition) is 4. The smallest absolute Gasteiger partial charge is 0.272 e. The molecule has 0 unspecified atom stereocenters. The van der Waals surface area contributed by atoms with Crippen molar-refractivity contribution in [2.24, 2.45) is 5.92 Å². The van der Waals surface area contributed by atoms with Crippen LogP contribution in [0.15, 0.2) is 18.2 Å². The van der Waals surface area contributed by atoms with Crippen molar-refractivity contribution < 1.29 is 18.8 Å². The van der Waals surface area contributed by atoms with Gasteiger partial charge in [0.1, 0.15) is 0 Å². The topological polar surface area (TPSA) is 81.5 Å². The molecule has 1 aliphatic rings. The normalized spacial score (nSPS) is 21.2. The Kier molecular flexibility index (Phi) is 5.30. The fourth-order valence-corrected chi connectivity index (χ4v) is 2.54. The Labute approximate surface area is 127 Å². The lowest BCUT2D eigenvalue weighted by Gasteiger charge is -2.26. The SMILES string of the molecule is CC1CCC(NC(=O)COc2ccc([N+](=O)[O-])cc2F)CC1. The lowest BCUT2D eigenvalue weighted by molar-refractivity contribution is -0.385. The summed E-state index contributed by atoms with van der Waals surface area (Å²) in [5.74, 6) is -0.637. The minimum atomic E-state index is -0.853. The van der Waals surface area contributed by atoms with Crippen LogP contribution in [0, 0.1) is 21.8 Å². The van der Waals surface area contributed by atoms with Gasteiger partial charge in [0.25, 0.3) is 11.6 Å². The molecule has 1 aromatic carbocycles. The van der Waals surface area contributed by atoms with Gasteiger partial charge in [-0.25, -0.2) is 4.39 Å². The van der Waals surface area contributed by atoms with E-state index in [0.29, 0.717) is 5.92 Å². The van der Waals surface area contributed by atoms with Crippen molar-refractivity contribution in [2.45, 2.75) is 38.6 Å². The molecule has 0 heterocycles. The number of rotatable bonds is 5. The minimum absolute atomic E-state index is 0.147. The number of nitro groups is 1. The summed E-state index contributed by atoms with van der Waals surface area (Å²) < 4.78 is 18.7. The molecule has 1 N–H and O–H groups in total. The molecule has 1 aromatic rings. The number of ether oxygens (including phenoxy) is 1. The number of benzene rings is 1. The zero-order chi connectivity index (χ0) is 16.1. The molecule has 6 nitrogen and oxygen atoms in total. The molecular formula is C15H19FN2O4. The molecule has 1 saturated carbocycles. The summed E-state index contributed by atoms with van der Waals surface area (Å²) in [6.45, 7) is 1.89. The van der Waals surface area contributed by atoms with E-state index in [4.69, 9.17) is 4.74 Å². The van der Waals surface area contributed by atoms with E-state index in [2.05, 4.69) is 12.2 Å². The highest BCUT2D eigenvalue weighted by molar-refractivity contribution is 5.77. The molecule has 2 rings (SSSR count). The van der Waals surface area contributed by atoms with Crippen LogP contribution in [0.2, 0.25) is 0 Å². The molecule has 1 aliphatic carbocycles. The number of amides is 1. The number of non-ortho nitro benzene ring substituents is 1. The van der Waals surface area contributed by atoms with Gasteiger partial charge in [-0.1, -0.05) is 6.92 Å². The molecule has 0 saturated heterocycles. The van der Waals surface area contributed by atoms with Crippen molar-refractivity contribution in [3.05, 3.63) is 34.1 Å². The Hall–Kier alpha value is -2.18.